The van der Waals surface area contributed by atoms with E-state index in [4.69, 9.17) is 0 Å². The molecular formula is C9H8N6O2S2. The molecule has 0 amide bonds. The number of hydrogen-bond donors (Lipinski definition) is 2. The van der Waals surface area contributed by atoms with Crippen molar-refractivity contribution in [2.75, 3.05) is 0 Å². The molecule has 98 valence electrons. The molecule has 0 aliphatic carbocycles. The molecule has 0 saturated heterocycles. The number of benzene rings is 1. The van der Waals surface area contributed by atoms with Crippen LogP contribution in [-0.2, 0) is 16.6 Å². The van der Waals surface area contributed by atoms with Gasteiger partial charge in [-0.1, -0.05) is 6.07 Å². The van der Waals surface area contributed by atoms with E-state index in [0.29, 0.717) is 16.9 Å². The largest absolute Gasteiger partial charge is 0.262 e. The zero-order valence-electron chi connectivity index (χ0n) is 9.44. The topological polar surface area (TPSA) is 114 Å². The fourth-order valence-electron chi connectivity index (χ4n) is 1.56. The molecule has 10 heteroatoms. The molecule has 2 aromatic heterocycles. The van der Waals surface area contributed by atoms with Crippen LogP contribution < -0.4 is 4.72 Å². The Morgan fingerprint density at radius 3 is 3.00 bits per heavy atom. The summed E-state index contributed by atoms with van der Waals surface area (Å²) in [6, 6.07) is 4.84. The van der Waals surface area contributed by atoms with Crippen LogP contribution in [0.1, 0.15) is 5.82 Å². The minimum atomic E-state index is -3.67. The highest BCUT2D eigenvalue weighted by molar-refractivity contribution is 7.89. The lowest BCUT2D eigenvalue weighted by Gasteiger charge is -2.05. The summed E-state index contributed by atoms with van der Waals surface area (Å²) >= 11 is 0.978. The molecule has 0 atom stereocenters. The molecule has 2 heterocycles. The summed E-state index contributed by atoms with van der Waals surface area (Å²) in [6.07, 6.45) is 1.31. The highest BCUT2D eigenvalue weighted by Gasteiger charge is 2.19. The molecule has 0 bridgehead atoms. The van der Waals surface area contributed by atoms with Gasteiger partial charge in [0.05, 0.1) is 18.3 Å². The number of aromatic nitrogens is 5. The number of hydrogen-bond acceptors (Lipinski definition) is 7. The van der Waals surface area contributed by atoms with E-state index in [2.05, 4.69) is 28.7 Å². The number of fused-ring (bicyclic) bond motifs is 1. The second kappa shape index (κ2) is 4.64. The summed E-state index contributed by atoms with van der Waals surface area (Å²) in [5.74, 6) is 0.437. The Balaban J connectivity index is 1.93. The zero-order chi connectivity index (χ0) is 13.3. The quantitative estimate of drug-likeness (QED) is 0.715. The van der Waals surface area contributed by atoms with Crippen molar-refractivity contribution in [1.82, 2.24) is 28.7 Å². The highest BCUT2D eigenvalue weighted by atomic mass is 32.2. The first kappa shape index (κ1) is 12.1. The first-order valence-corrected chi connectivity index (χ1v) is 7.43. The molecule has 8 nitrogen and oxygen atoms in total. The van der Waals surface area contributed by atoms with Crippen molar-refractivity contribution in [2.45, 2.75) is 11.4 Å². The van der Waals surface area contributed by atoms with Crippen molar-refractivity contribution in [3.8, 4) is 0 Å². The molecule has 3 rings (SSSR count). The van der Waals surface area contributed by atoms with Gasteiger partial charge >= 0.3 is 0 Å². The predicted octanol–water partition coefficient (Wildman–Crippen LogP) is 0.288. The molecule has 3 aromatic rings. The molecule has 0 radical (unpaired) electrons. The monoisotopic (exact) mass is 296 g/mol. The Morgan fingerprint density at radius 1 is 1.32 bits per heavy atom. The van der Waals surface area contributed by atoms with E-state index < -0.39 is 10.0 Å². The van der Waals surface area contributed by atoms with Gasteiger partial charge in [-0.25, -0.2) is 18.1 Å². The van der Waals surface area contributed by atoms with Gasteiger partial charge in [0.1, 0.15) is 28.1 Å². The van der Waals surface area contributed by atoms with Crippen molar-refractivity contribution in [1.29, 1.82) is 0 Å². The second-order valence-corrected chi connectivity index (χ2v) is 5.91. The first-order chi connectivity index (χ1) is 9.17. The molecule has 0 spiro atoms. The van der Waals surface area contributed by atoms with Gasteiger partial charge in [-0.3, -0.25) is 5.10 Å². The molecule has 0 fully saturated rings. The van der Waals surface area contributed by atoms with Gasteiger partial charge < -0.3 is 0 Å². The number of H-pyrrole nitrogens is 1. The van der Waals surface area contributed by atoms with Crippen molar-refractivity contribution in [3.63, 3.8) is 0 Å². The Morgan fingerprint density at radius 2 is 2.21 bits per heavy atom. The Hall–Kier alpha value is -1.91. The van der Waals surface area contributed by atoms with E-state index in [-0.39, 0.29) is 11.4 Å². The summed E-state index contributed by atoms with van der Waals surface area (Å²) in [5, 5.41) is 6.23. The van der Waals surface area contributed by atoms with Crippen LogP contribution in [-0.4, -0.2) is 32.3 Å². The first-order valence-electron chi connectivity index (χ1n) is 5.22. The number of nitrogens with one attached hydrogen (secondary N) is 2. The molecule has 0 aliphatic rings. The van der Waals surface area contributed by atoms with Crippen LogP contribution in [0.25, 0.3) is 11.0 Å². The van der Waals surface area contributed by atoms with Crippen LogP contribution in [0.2, 0.25) is 0 Å². The van der Waals surface area contributed by atoms with Gasteiger partial charge in [0, 0.05) is 0 Å². The normalized spacial score (nSPS) is 12.0. The van der Waals surface area contributed by atoms with Crippen LogP contribution >= 0.6 is 11.7 Å². The van der Waals surface area contributed by atoms with Gasteiger partial charge in [-0.15, -0.1) is 0 Å². The van der Waals surface area contributed by atoms with Crippen LogP contribution in [0.5, 0.6) is 0 Å². The van der Waals surface area contributed by atoms with E-state index >= 15 is 0 Å². The third kappa shape index (κ3) is 2.32. The molecule has 1 aromatic carbocycles. The predicted molar refractivity (Wildman–Crippen MR) is 67.8 cm³/mol. The van der Waals surface area contributed by atoms with Crippen LogP contribution in [0, 0.1) is 0 Å². The van der Waals surface area contributed by atoms with Crippen LogP contribution in [0.15, 0.2) is 29.4 Å². The smallest absolute Gasteiger partial charge is 0.243 e. The number of sulfonamides is 1. The van der Waals surface area contributed by atoms with Crippen molar-refractivity contribution in [2.24, 2.45) is 0 Å². The van der Waals surface area contributed by atoms with Crippen molar-refractivity contribution >= 4 is 32.8 Å². The van der Waals surface area contributed by atoms with Crippen molar-refractivity contribution in [3.05, 3.63) is 30.4 Å². The number of rotatable bonds is 4. The fourth-order valence-corrected chi connectivity index (χ4v) is 3.31. The highest BCUT2D eigenvalue weighted by Crippen LogP contribution is 2.20. The molecule has 19 heavy (non-hydrogen) atoms. The summed E-state index contributed by atoms with van der Waals surface area (Å²) in [6.45, 7) is 0.0380. The standard InChI is InChI=1S/C9H8N6O2S2/c16-19(17,12-4-8-10-5-11-13-8)7-3-1-2-6-9(7)15-18-14-6/h1-3,5,12H,4H2,(H,10,11,13). The van der Waals surface area contributed by atoms with Gasteiger partial charge in [-0.05, 0) is 12.1 Å². The average Bonchev–Trinajstić information content (AvgIpc) is 3.06. The maximum atomic E-state index is 12.2. The maximum absolute atomic E-state index is 12.2. The molecule has 2 N–H and O–H groups in total. The summed E-state index contributed by atoms with van der Waals surface area (Å²) in [7, 11) is -3.67. The lowest BCUT2D eigenvalue weighted by Crippen LogP contribution is -2.24. The summed E-state index contributed by atoms with van der Waals surface area (Å²) in [5.41, 5.74) is 0.935. The van der Waals surface area contributed by atoms with Gasteiger partial charge in [-0.2, -0.15) is 13.8 Å². The number of nitrogens with zero attached hydrogens (tertiary/aromatic N) is 4. The summed E-state index contributed by atoms with van der Waals surface area (Å²) < 4.78 is 34.9. The van der Waals surface area contributed by atoms with E-state index in [1.165, 1.54) is 12.4 Å². The van der Waals surface area contributed by atoms with Gasteiger partial charge in [0.2, 0.25) is 10.0 Å². The Bertz CT molecular complexity index is 795. The lowest BCUT2D eigenvalue weighted by molar-refractivity contribution is 0.580. The Kier molecular flexibility index (Phi) is 2.97. The van der Waals surface area contributed by atoms with E-state index in [1.807, 2.05) is 0 Å². The van der Waals surface area contributed by atoms with Crippen LogP contribution in [0.3, 0.4) is 0 Å². The van der Waals surface area contributed by atoms with E-state index in [1.54, 1.807) is 12.1 Å². The minimum Gasteiger partial charge on any atom is -0.262 e. The second-order valence-electron chi connectivity index (χ2n) is 3.64. The van der Waals surface area contributed by atoms with Crippen LogP contribution in [0.4, 0.5) is 0 Å². The molecule has 0 saturated carbocycles. The molecule has 0 aliphatic heterocycles. The lowest BCUT2D eigenvalue weighted by atomic mass is 10.3. The SMILES string of the molecule is O=S(=O)(NCc1ncn[nH]1)c1cccc2nsnc12. The van der Waals surface area contributed by atoms with Gasteiger partial charge in [0.25, 0.3) is 0 Å². The zero-order valence-corrected chi connectivity index (χ0v) is 11.1. The number of aromatic amines is 1. The minimum absolute atomic E-state index is 0.0380. The average molecular weight is 296 g/mol. The molecule has 0 unspecified atom stereocenters. The van der Waals surface area contributed by atoms with Gasteiger partial charge in [0.15, 0.2) is 0 Å². The summed E-state index contributed by atoms with van der Waals surface area (Å²) in [4.78, 5) is 3.96. The van der Waals surface area contributed by atoms with Crippen molar-refractivity contribution < 1.29 is 8.42 Å². The fraction of sp³-hybridized carbons (Fsp3) is 0.111. The van der Waals surface area contributed by atoms with E-state index in [9.17, 15) is 8.42 Å². The molecular weight excluding hydrogens is 288 g/mol. The Labute approximate surface area is 112 Å². The maximum Gasteiger partial charge on any atom is 0.243 e. The third-order valence-corrected chi connectivity index (χ3v) is 4.41. The van der Waals surface area contributed by atoms with E-state index in [0.717, 1.165) is 11.7 Å². The third-order valence-electron chi connectivity index (χ3n) is 2.43.